The van der Waals surface area contributed by atoms with Crippen LogP contribution in [0, 0.1) is 0 Å². The second-order valence-corrected chi connectivity index (χ2v) is 3.92. The van der Waals surface area contributed by atoms with Gasteiger partial charge in [0, 0.05) is 18.9 Å². The van der Waals surface area contributed by atoms with E-state index in [1.165, 1.54) is 25.7 Å². The molecule has 0 fully saturated rings. The predicted octanol–water partition coefficient (Wildman–Crippen LogP) is 3.12. The zero-order chi connectivity index (χ0) is 10.4. The molecule has 0 aliphatic heterocycles. The van der Waals surface area contributed by atoms with E-state index in [-0.39, 0.29) is 6.10 Å². The van der Waals surface area contributed by atoms with E-state index in [0.717, 1.165) is 12.1 Å². The molecule has 1 N–H and O–H groups in total. The first kappa shape index (κ1) is 11.3. The molecule has 1 heterocycles. The maximum atomic E-state index is 9.33. The highest BCUT2D eigenvalue weighted by Crippen LogP contribution is 2.12. The largest absolute Gasteiger partial charge is 0.389 e. The Morgan fingerprint density at radius 2 is 2.14 bits per heavy atom. The number of hydrogen-bond donors (Lipinski definition) is 1. The van der Waals surface area contributed by atoms with Gasteiger partial charge in [0.2, 0.25) is 0 Å². The molecule has 2 nitrogen and oxygen atoms in total. The minimum absolute atomic E-state index is 0.341. The third-order valence-electron chi connectivity index (χ3n) is 2.53. The summed E-state index contributed by atoms with van der Waals surface area (Å²) < 4.78 is 2.16. The van der Waals surface area contributed by atoms with Crippen molar-refractivity contribution in [3.05, 3.63) is 24.0 Å². The van der Waals surface area contributed by atoms with Gasteiger partial charge in [0.05, 0.1) is 6.10 Å². The van der Waals surface area contributed by atoms with E-state index in [9.17, 15) is 5.11 Å². The molecule has 1 aromatic rings. The van der Waals surface area contributed by atoms with Crippen LogP contribution in [-0.4, -0.2) is 9.67 Å². The van der Waals surface area contributed by atoms with Crippen LogP contribution in [0.1, 0.15) is 51.2 Å². The molecule has 0 aliphatic carbocycles. The van der Waals surface area contributed by atoms with Crippen LogP contribution < -0.4 is 0 Å². The second kappa shape index (κ2) is 5.86. The Kier molecular flexibility index (Phi) is 4.74. The van der Waals surface area contributed by atoms with Gasteiger partial charge in [-0.3, -0.25) is 0 Å². The lowest BCUT2D eigenvalue weighted by Crippen LogP contribution is -1.95. The highest BCUT2D eigenvalue weighted by Gasteiger charge is 2.01. The third-order valence-corrected chi connectivity index (χ3v) is 2.53. The number of aryl methyl sites for hydroxylation is 1. The van der Waals surface area contributed by atoms with Crippen molar-refractivity contribution >= 4 is 0 Å². The summed E-state index contributed by atoms with van der Waals surface area (Å²) in [4.78, 5) is 0. The smallest absolute Gasteiger partial charge is 0.0776 e. The molecule has 0 bridgehead atoms. The maximum absolute atomic E-state index is 9.33. The van der Waals surface area contributed by atoms with Crippen LogP contribution in [0.2, 0.25) is 0 Å². The Hall–Kier alpha value is -0.760. The molecule has 14 heavy (non-hydrogen) atoms. The molecule has 1 aromatic heterocycles. The first-order valence-electron chi connectivity index (χ1n) is 5.57. The Balaban J connectivity index is 2.29. The monoisotopic (exact) mass is 195 g/mol. The summed E-state index contributed by atoms with van der Waals surface area (Å²) in [5, 5.41) is 9.33. The van der Waals surface area contributed by atoms with Crippen LogP contribution in [0.4, 0.5) is 0 Å². The van der Waals surface area contributed by atoms with Crippen LogP contribution in [0.5, 0.6) is 0 Å². The second-order valence-electron chi connectivity index (χ2n) is 3.92. The van der Waals surface area contributed by atoms with Crippen LogP contribution in [0.15, 0.2) is 18.5 Å². The summed E-state index contributed by atoms with van der Waals surface area (Å²) >= 11 is 0. The van der Waals surface area contributed by atoms with Crippen molar-refractivity contribution in [2.45, 2.75) is 52.2 Å². The summed E-state index contributed by atoms with van der Waals surface area (Å²) in [5.74, 6) is 0. The van der Waals surface area contributed by atoms with Crippen LogP contribution in [-0.2, 0) is 6.54 Å². The van der Waals surface area contributed by atoms with E-state index in [1.807, 2.05) is 18.5 Å². The molecule has 1 unspecified atom stereocenters. The average molecular weight is 195 g/mol. The van der Waals surface area contributed by atoms with Gasteiger partial charge in [0.1, 0.15) is 0 Å². The topological polar surface area (TPSA) is 25.2 Å². The summed E-state index contributed by atoms with van der Waals surface area (Å²) in [6.07, 6.45) is 8.90. The molecule has 0 radical (unpaired) electrons. The summed E-state index contributed by atoms with van der Waals surface area (Å²) in [6, 6.07) is 1.99. The summed E-state index contributed by atoms with van der Waals surface area (Å²) in [7, 11) is 0. The number of nitrogens with zero attached hydrogens (tertiary/aromatic N) is 1. The molecule has 0 spiro atoms. The van der Waals surface area contributed by atoms with Crippen molar-refractivity contribution in [1.82, 2.24) is 4.57 Å². The number of aliphatic hydroxyl groups excluding tert-OH is 1. The Morgan fingerprint density at radius 1 is 1.36 bits per heavy atom. The SMILES string of the molecule is CCCCCCn1ccc(C(C)O)c1. The number of rotatable bonds is 6. The molecule has 0 saturated heterocycles. The lowest BCUT2D eigenvalue weighted by Gasteiger charge is -2.02. The highest BCUT2D eigenvalue weighted by molar-refractivity contribution is 5.12. The zero-order valence-electron chi connectivity index (χ0n) is 9.24. The Labute approximate surface area is 86.6 Å². The van der Waals surface area contributed by atoms with Crippen molar-refractivity contribution in [3.8, 4) is 0 Å². The van der Waals surface area contributed by atoms with E-state index in [2.05, 4.69) is 11.5 Å². The van der Waals surface area contributed by atoms with E-state index in [4.69, 9.17) is 0 Å². The first-order chi connectivity index (χ1) is 6.74. The highest BCUT2D eigenvalue weighted by atomic mass is 16.3. The van der Waals surface area contributed by atoms with Crippen LogP contribution in [0.3, 0.4) is 0 Å². The van der Waals surface area contributed by atoms with Gasteiger partial charge in [0.25, 0.3) is 0 Å². The van der Waals surface area contributed by atoms with Gasteiger partial charge < -0.3 is 9.67 Å². The molecule has 1 rings (SSSR count). The number of aromatic nitrogens is 1. The number of unbranched alkanes of at least 4 members (excludes halogenated alkanes) is 3. The summed E-state index contributed by atoms with van der Waals surface area (Å²) in [5.41, 5.74) is 1.01. The number of aliphatic hydroxyl groups is 1. The molecule has 1 atom stereocenters. The standard InChI is InChI=1S/C12H21NO/c1-3-4-5-6-8-13-9-7-12(10-13)11(2)14/h7,9-11,14H,3-6,8H2,1-2H3. The van der Waals surface area contributed by atoms with E-state index in [0.29, 0.717) is 0 Å². The molecule has 0 aromatic carbocycles. The third kappa shape index (κ3) is 3.54. The minimum Gasteiger partial charge on any atom is -0.389 e. The zero-order valence-corrected chi connectivity index (χ0v) is 9.24. The first-order valence-corrected chi connectivity index (χ1v) is 5.57. The number of hydrogen-bond acceptors (Lipinski definition) is 1. The van der Waals surface area contributed by atoms with Crippen molar-refractivity contribution in [3.63, 3.8) is 0 Å². The fourth-order valence-corrected chi connectivity index (χ4v) is 1.57. The maximum Gasteiger partial charge on any atom is 0.0776 e. The fourth-order valence-electron chi connectivity index (χ4n) is 1.57. The van der Waals surface area contributed by atoms with Gasteiger partial charge >= 0.3 is 0 Å². The quantitative estimate of drug-likeness (QED) is 0.693. The van der Waals surface area contributed by atoms with Crippen molar-refractivity contribution in [2.75, 3.05) is 0 Å². The van der Waals surface area contributed by atoms with Crippen LogP contribution >= 0.6 is 0 Å². The lowest BCUT2D eigenvalue weighted by molar-refractivity contribution is 0.199. The summed E-state index contributed by atoms with van der Waals surface area (Å²) in [6.45, 7) is 5.10. The lowest BCUT2D eigenvalue weighted by atomic mass is 10.2. The predicted molar refractivity (Wildman–Crippen MR) is 59.2 cm³/mol. The minimum atomic E-state index is -0.341. The fraction of sp³-hybridized carbons (Fsp3) is 0.667. The van der Waals surface area contributed by atoms with E-state index >= 15 is 0 Å². The van der Waals surface area contributed by atoms with Crippen molar-refractivity contribution < 1.29 is 5.11 Å². The molecule has 2 heteroatoms. The van der Waals surface area contributed by atoms with Gasteiger partial charge in [0.15, 0.2) is 0 Å². The average Bonchev–Trinajstić information content (AvgIpc) is 2.61. The van der Waals surface area contributed by atoms with E-state index < -0.39 is 0 Å². The molecular weight excluding hydrogens is 174 g/mol. The van der Waals surface area contributed by atoms with Gasteiger partial charge in [-0.05, 0) is 25.0 Å². The Morgan fingerprint density at radius 3 is 2.71 bits per heavy atom. The van der Waals surface area contributed by atoms with Crippen LogP contribution in [0.25, 0.3) is 0 Å². The van der Waals surface area contributed by atoms with Crippen molar-refractivity contribution in [1.29, 1.82) is 0 Å². The molecule has 0 aliphatic rings. The van der Waals surface area contributed by atoms with Gasteiger partial charge in [-0.25, -0.2) is 0 Å². The molecule has 0 amide bonds. The van der Waals surface area contributed by atoms with Crippen molar-refractivity contribution in [2.24, 2.45) is 0 Å². The van der Waals surface area contributed by atoms with Gasteiger partial charge in [-0.15, -0.1) is 0 Å². The van der Waals surface area contributed by atoms with Gasteiger partial charge in [-0.2, -0.15) is 0 Å². The Bertz CT molecular complexity index is 253. The molecular formula is C12H21NO. The normalized spacial score (nSPS) is 13.1. The van der Waals surface area contributed by atoms with E-state index in [1.54, 1.807) is 6.92 Å². The van der Waals surface area contributed by atoms with Gasteiger partial charge in [-0.1, -0.05) is 26.2 Å². The molecule has 80 valence electrons. The molecule has 0 saturated carbocycles.